The fraction of sp³-hybridized carbons (Fsp3) is 0.357. The summed E-state index contributed by atoms with van der Waals surface area (Å²) < 4.78 is 5.09. The zero-order chi connectivity index (χ0) is 12.3. The van der Waals surface area contributed by atoms with Gasteiger partial charge in [-0.15, -0.1) is 0 Å². The summed E-state index contributed by atoms with van der Waals surface area (Å²) in [6.07, 6.45) is 2.33. The monoisotopic (exact) mass is 231 g/mol. The lowest BCUT2D eigenvalue weighted by atomic mass is 9.92. The molecule has 0 saturated heterocycles. The van der Waals surface area contributed by atoms with Crippen molar-refractivity contribution < 1.29 is 9.84 Å². The molecule has 0 aliphatic carbocycles. The van der Waals surface area contributed by atoms with Gasteiger partial charge in [-0.25, -0.2) is 0 Å². The van der Waals surface area contributed by atoms with Crippen LogP contribution in [0.4, 0.5) is 0 Å². The first-order valence-corrected chi connectivity index (χ1v) is 5.76. The van der Waals surface area contributed by atoms with Crippen LogP contribution in [0.15, 0.2) is 36.5 Å². The number of rotatable bonds is 4. The van der Waals surface area contributed by atoms with Crippen molar-refractivity contribution in [3.05, 3.63) is 42.1 Å². The summed E-state index contributed by atoms with van der Waals surface area (Å²) in [5.74, 6) is 0. The van der Waals surface area contributed by atoms with E-state index in [2.05, 4.69) is 4.98 Å². The maximum Gasteiger partial charge on any atom is 0.114 e. The molecule has 0 saturated carbocycles. The van der Waals surface area contributed by atoms with Gasteiger partial charge in [0.15, 0.2) is 0 Å². The Labute approximate surface area is 101 Å². The van der Waals surface area contributed by atoms with Gasteiger partial charge in [0.05, 0.1) is 12.1 Å². The quantitative estimate of drug-likeness (QED) is 0.879. The van der Waals surface area contributed by atoms with Crippen molar-refractivity contribution >= 4 is 10.9 Å². The van der Waals surface area contributed by atoms with E-state index in [9.17, 15) is 5.11 Å². The Balaban J connectivity index is 2.47. The maximum absolute atomic E-state index is 10.5. The molecule has 3 nitrogen and oxygen atoms in total. The van der Waals surface area contributed by atoms with Crippen LogP contribution in [-0.2, 0) is 10.3 Å². The summed E-state index contributed by atoms with van der Waals surface area (Å²) in [4.78, 5) is 4.36. The molecule has 90 valence electrons. The van der Waals surface area contributed by atoms with Gasteiger partial charge in [-0.3, -0.25) is 4.98 Å². The van der Waals surface area contributed by atoms with Crippen molar-refractivity contribution in [2.45, 2.75) is 18.9 Å². The fourth-order valence-electron chi connectivity index (χ4n) is 1.95. The lowest BCUT2D eigenvalue weighted by Crippen LogP contribution is -2.30. The lowest BCUT2D eigenvalue weighted by molar-refractivity contribution is -0.0387. The van der Waals surface area contributed by atoms with Crippen LogP contribution in [0.1, 0.15) is 18.9 Å². The molecule has 1 unspecified atom stereocenters. The van der Waals surface area contributed by atoms with Gasteiger partial charge in [-0.05, 0) is 18.6 Å². The smallest absolute Gasteiger partial charge is 0.114 e. The summed E-state index contributed by atoms with van der Waals surface area (Å²) in [5, 5.41) is 11.5. The van der Waals surface area contributed by atoms with E-state index >= 15 is 0 Å². The molecule has 2 rings (SSSR count). The van der Waals surface area contributed by atoms with Gasteiger partial charge in [0.1, 0.15) is 5.60 Å². The van der Waals surface area contributed by atoms with Gasteiger partial charge < -0.3 is 9.84 Å². The zero-order valence-electron chi connectivity index (χ0n) is 10.2. The molecule has 0 fully saturated rings. The minimum atomic E-state index is -0.953. The molecule has 3 heteroatoms. The summed E-state index contributed by atoms with van der Waals surface area (Å²) >= 11 is 0. The van der Waals surface area contributed by atoms with Crippen molar-refractivity contribution in [3.8, 4) is 0 Å². The Hall–Kier alpha value is -1.45. The van der Waals surface area contributed by atoms with E-state index in [0.717, 1.165) is 16.5 Å². The maximum atomic E-state index is 10.5. The SMILES string of the molecule is CCC(O)(COC)c1cnc2ccccc2c1. The Morgan fingerprint density at radius 3 is 2.82 bits per heavy atom. The standard InChI is InChI=1S/C14H17NO2/c1-3-14(16,10-17-2)12-8-11-6-4-5-7-13(11)15-9-12/h4-9,16H,3,10H2,1-2H3. The van der Waals surface area contributed by atoms with Crippen LogP contribution in [0, 0.1) is 0 Å². The number of nitrogens with zero attached hydrogens (tertiary/aromatic N) is 1. The van der Waals surface area contributed by atoms with Gasteiger partial charge in [0.25, 0.3) is 0 Å². The zero-order valence-corrected chi connectivity index (χ0v) is 10.2. The molecule has 1 aromatic carbocycles. The molecular formula is C14H17NO2. The van der Waals surface area contributed by atoms with Crippen LogP contribution in [0.25, 0.3) is 10.9 Å². The summed E-state index contributed by atoms with van der Waals surface area (Å²) in [6.45, 7) is 2.22. The predicted molar refractivity (Wildman–Crippen MR) is 67.8 cm³/mol. The van der Waals surface area contributed by atoms with Gasteiger partial charge in [-0.1, -0.05) is 25.1 Å². The van der Waals surface area contributed by atoms with Crippen LogP contribution in [0.5, 0.6) is 0 Å². The van der Waals surface area contributed by atoms with Crippen LogP contribution >= 0.6 is 0 Å². The van der Waals surface area contributed by atoms with E-state index in [1.165, 1.54) is 0 Å². The number of aromatic nitrogens is 1. The number of fused-ring (bicyclic) bond motifs is 1. The van der Waals surface area contributed by atoms with Gasteiger partial charge in [0.2, 0.25) is 0 Å². The van der Waals surface area contributed by atoms with Crippen molar-refractivity contribution in [1.82, 2.24) is 4.98 Å². The second-order valence-electron chi connectivity index (χ2n) is 4.23. The van der Waals surface area contributed by atoms with E-state index in [4.69, 9.17) is 4.74 Å². The van der Waals surface area contributed by atoms with Crippen LogP contribution in [0.2, 0.25) is 0 Å². The van der Waals surface area contributed by atoms with E-state index in [-0.39, 0.29) is 6.61 Å². The molecule has 0 amide bonds. The van der Waals surface area contributed by atoms with E-state index in [0.29, 0.717) is 6.42 Å². The molecule has 1 heterocycles. The fourth-order valence-corrected chi connectivity index (χ4v) is 1.95. The highest BCUT2D eigenvalue weighted by atomic mass is 16.5. The van der Waals surface area contributed by atoms with Gasteiger partial charge in [-0.2, -0.15) is 0 Å². The third-order valence-corrected chi connectivity index (χ3v) is 3.10. The Bertz CT molecular complexity index is 512. The van der Waals surface area contributed by atoms with E-state index in [1.807, 2.05) is 37.3 Å². The van der Waals surface area contributed by atoms with Crippen molar-refractivity contribution in [3.63, 3.8) is 0 Å². The van der Waals surface area contributed by atoms with Gasteiger partial charge in [0, 0.05) is 24.3 Å². The van der Waals surface area contributed by atoms with E-state index < -0.39 is 5.60 Å². The first-order valence-electron chi connectivity index (χ1n) is 5.76. The first kappa shape index (κ1) is 12.0. The normalized spacial score (nSPS) is 14.8. The lowest BCUT2D eigenvalue weighted by Gasteiger charge is -2.26. The number of ether oxygens (including phenoxy) is 1. The number of aliphatic hydroxyl groups is 1. The minimum Gasteiger partial charge on any atom is -0.383 e. The highest BCUT2D eigenvalue weighted by Gasteiger charge is 2.27. The molecule has 2 aromatic rings. The molecule has 0 bridgehead atoms. The number of hydrogen-bond acceptors (Lipinski definition) is 3. The van der Waals surface area contributed by atoms with E-state index in [1.54, 1.807) is 13.3 Å². The number of benzene rings is 1. The minimum absolute atomic E-state index is 0.281. The molecule has 0 aliphatic rings. The van der Waals surface area contributed by atoms with Crippen LogP contribution in [0.3, 0.4) is 0 Å². The highest BCUT2D eigenvalue weighted by Crippen LogP contribution is 2.26. The average molecular weight is 231 g/mol. The molecule has 0 spiro atoms. The number of methoxy groups -OCH3 is 1. The summed E-state index contributed by atoms with van der Waals surface area (Å²) in [5.41, 5.74) is 0.791. The Morgan fingerprint density at radius 1 is 1.35 bits per heavy atom. The molecule has 17 heavy (non-hydrogen) atoms. The number of para-hydroxylation sites is 1. The molecular weight excluding hydrogens is 214 g/mol. The molecule has 1 N–H and O–H groups in total. The predicted octanol–water partition coefficient (Wildman–Crippen LogP) is 2.48. The van der Waals surface area contributed by atoms with Crippen molar-refractivity contribution in [2.75, 3.05) is 13.7 Å². The third kappa shape index (κ3) is 2.30. The Kier molecular flexibility index (Phi) is 3.41. The number of pyridine rings is 1. The number of hydrogen-bond donors (Lipinski definition) is 1. The second kappa shape index (κ2) is 4.82. The van der Waals surface area contributed by atoms with Crippen molar-refractivity contribution in [2.24, 2.45) is 0 Å². The summed E-state index contributed by atoms with van der Waals surface area (Å²) in [7, 11) is 1.59. The first-order chi connectivity index (χ1) is 8.19. The third-order valence-electron chi connectivity index (χ3n) is 3.10. The van der Waals surface area contributed by atoms with Gasteiger partial charge >= 0.3 is 0 Å². The highest BCUT2D eigenvalue weighted by molar-refractivity contribution is 5.78. The molecule has 1 aromatic heterocycles. The summed E-state index contributed by atoms with van der Waals surface area (Å²) in [6, 6.07) is 9.85. The largest absolute Gasteiger partial charge is 0.383 e. The molecule has 0 radical (unpaired) electrons. The topological polar surface area (TPSA) is 42.4 Å². The van der Waals surface area contributed by atoms with Crippen LogP contribution < -0.4 is 0 Å². The molecule has 0 aliphatic heterocycles. The van der Waals surface area contributed by atoms with Crippen LogP contribution in [-0.4, -0.2) is 23.8 Å². The average Bonchev–Trinajstić information content (AvgIpc) is 2.38. The Morgan fingerprint density at radius 2 is 2.12 bits per heavy atom. The second-order valence-corrected chi connectivity index (χ2v) is 4.23. The molecule has 1 atom stereocenters. The van der Waals surface area contributed by atoms with Crippen molar-refractivity contribution in [1.29, 1.82) is 0 Å².